The van der Waals surface area contributed by atoms with E-state index in [1.165, 1.54) is 0 Å². The molecule has 0 aliphatic carbocycles. The van der Waals surface area contributed by atoms with Crippen molar-refractivity contribution in [2.45, 2.75) is 36.1 Å². The summed E-state index contributed by atoms with van der Waals surface area (Å²) in [5.41, 5.74) is 1.06. The van der Waals surface area contributed by atoms with Gasteiger partial charge in [0.2, 0.25) is 0 Å². The molecule has 2 aromatic carbocycles. The number of rotatable bonds is 3. The van der Waals surface area contributed by atoms with Crippen LogP contribution in [0.3, 0.4) is 0 Å². The molecule has 0 amide bonds. The average Bonchev–Trinajstić information content (AvgIpc) is 2.38. The summed E-state index contributed by atoms with van der Waals surface area (Å²) in [4.78, 5) is 1.62. The monoisotopic (exact) mass is 351 g/mol. The molecule has 1 atom stereocenters. The molecule has 1 unspecified atom stereocenters. The van der Waals surface area contributed by atoms with Crippen molar-refractivity contribution in [1.82, 2.24) is 0 Å². The standard InChI is InChI=1S/C16H18BrNOS/c1-16(2,3)18-13-6-10-15(11-7-13)20(19)14-8-4-12(17)5-9-14/h4-11,18H,1-3H3. The molecular formula is C16H18BrNOS. The SMILES string of the molecule is CC(C)(C)Nc1ccc([S+]([O-])c2ccc(Br)cc2)cc1. The molecular weight excluding hydrogens is 334 g/mol. The van der Waals surface area contributed by atoms with E-state index in [-0.39, 0.29) is 5.54 Å². The normalized spacial score (nSPS) is 13.1. The first-order chi connectivity index (χ1) is 9.35. The van der Waals surface area contributed by atoms with Gasteiger partial charge >= 0.3 is 0 Å². The number of anilines is 1. The Labute approximate surface area is 131 Å². The molecule has 0 saturated carbocycles. The van der Waals surface area contributed by atoms with Crippen molar-refractivity contribution in [2.75, 3.05) is 5.32 Å². The molecule has 0 bridgehead atoms. The van der Waals surface area contributed by atoms with E-state index in [9.17, 15) is 4.55 Å². The molecule has 0 spiro atoms. The van der Waals surface area contributed by atoms with E-state index in [1.807, 2.05) is 48.5 Å². The number of hydrogen-bond acceptors (Lipinski definition) is 2. The highest BCUT2D eigenvalue weighted by molar-refractivity contribution is 9.10. The van der Waals surface area contributed by atoms with Gasteiger partial charge in [-0.3, -0.25) is 0 Å². The van der Waals surface area contributed by atoms with Crippen LogP contribution < -0.4 is 5.32 Å². The van der Waals surface area contributed by atoms with Gasteiger partial charge in [0.05, 0.1) is 0 Å². The van der Waals surface area contributed by atoms with E-state index in [2.05, 4.69) is 42.0 Å². The largest absolute Gasteiger partial charge is 0.606 e. The molecule has 0 aliphatic rings. The molecule has 106 valence electrons. The van der Waals surface area contributed by atoms with Crippen LogP contribution in [0.4, 0.5) is 5.69 Å². The van der Waals surface area contributed by atoms with Crippen LogP contribution in [0.5, 0.6) is 0 Å². The number of nitrogens with one attached hydrogen (secondary N) is 1. The van der Waals surface area contributed by atoms with Gasteiger partial charge in [0.15, 0.2) is 9.79 Å². The van der Waals surface area contributed by atoms with Crippen LogP contribution in [0, 0.1) is 0 Å². The molecule has 4 heteroatoms. The molecule has 2 rings (SSSR count). The summed E-state index contributed by atoms with van der Waals surface area (Å²) in [5, 5.41) is 3.39. The lowest BCUT2D eigenvalue weighted by molar-refractivity contribution is 0.595. The molecule has 0 heterocycles. The Morgan fingerprint density at radius 2 is 1.35 bits per heavy atom. The van der Waals surface area contributed by atoms with Crippen molar-refractivity contribution >= 4 is 32.8 Å². The minimum absolute atomic E-state index is 0.0202. The second kappa shape index (κ2) is 6.20. The summed E-state index contributed by atoms with van der Waals surface area (Å²) in [7, 11) is 0. The van der Waals surface area contributed by atoms with Gasteiger partial charge in [-0.1, -0.05) is 15.9 Å². The zero-order valence-corrected chi connectivity index (χ0v) is 14.2. The Morgan fingerprint density at radius 1 is 0.900 bits per heavy atom. The molecule has 2 aromatic rings. The van der Waals surface area contributed by atoms with E-state index in [0.717, 1.165) is 20.0 Å². The van der Waals surface area contributed by atoms with Gasteiger partial charge in [0.25, 0.3) is 0 Å². The molecule has 0 saturated heterocycles. The zero-order chi connectivity index (χ0) is 14.8. The zero-order valence-electron chi connectivity index (χ0n) is 11.8. The van der Waals surface area contributed by atoms with Crippen molar-refractivity contribution < 1.29 is 4.55 Å². The predicted octanol–water partition coefficient (Wildman–Crippen LogP) is 4.83. The smallest absolute Gasteiger partial charge is 0.158 e. The van der Waals surface area contributed by atoms with Gasteiger partial charge in [-0.2, -0.15) is 0 Å². The minimum atomic E-state index is -1.14. The van der Waals surface area contributed by atoms with E-state index in [1.54, 1.807) is 0 Å². The molecule has 0 aromatic heterocycles. The maximum absolute atomic E-state index is 12.4. The Kier molecular flexibility index (Phi) is 4.78. The third kappa shape index (κ3) is 4.27. The Morgan fingerprint density at radius 3 is 1.80 bits per heavy atom. The second-order valence-corrected chi connectivity index (χ2v) is 8.02. The molecule has 2 nitrogen and oxygen atoms in total. The van der Waals surface area contributed by atoms with Crippen molar-refractivity contribution in [3.05, 3.63) is 53.0 Å². The van der Waals surface area contributed by atoms with Gasteiger partial charge in [-0.15, -0.1) is 0 Å². The molecule has 1 N–H and O–H groups in total. The van der Waals surface area contributed by atoms with Crippen LogP contribution >= 0.6 is 15.9 Å². The van der Waals surface area contributed by atoms with Crippen molar-refractivity contribution in [2.24, 2.45) is 0 Å². The summed E-state index contributed by atoms with van der Waals surface area (Å²) >= 11 is 2.25. The maximum Gasteiger partial charge on any atom is 0.158 e. The fraction of sp³-hybridized carbons (Fsp3) is 0.250. The third-order valence-electron chi connectivity index (χ3n) is 2.62. The number of benzene rings is 2. The van der Waals surface area contributed by atoms with E-state index in [0.29, 0.717) is 0 Å². The highest BCUT2D eigenvalue weighted by Crippen LogP contribution is 2.24. The first-order valence-corrected chi connectivity index (χ1v) is 8.35. The highest BCUT2D eigenvalue weighted by atomic mass is 79.9. The second-order valence-electron chi connectivity index (χ2n) is 5.62. The summed E-state index contributed by atoms with van der Waals surface area (Å²) in [6.07, 6.45) is 0. The van der Waals surface area contributed by atoms with Crippen LogP contribution in [0.2, 0.25) is 0 Å². The predicted molar refractivity (Wildman–Crippen MR) is 88.6 cm³/mol. The summed E-state index contributed by atoms with van der Waals surface area (Å²) in [6.45, 7) is 6.34. The van der Waals surface area contributed by atoms with Crippen LogP contribution in [0.1, 0.15) is 20.8 Å². The maximum atomic E-state index is 12.4. The first kappa shape index (κ1) is 15.4. The molecule has 20 heavy (non-hydrogen) atoms. The summed E-state index contributed by atoms with van der Waals surface area (Å²) in [5.74, 6) is 0. The van der Waals surface area contributed by atoms with E-state index >= 15 is 0 Å². The first-order valence-electron chi connectivity index (χ1n) is 6.41. The highest BCUT2D eigenvalue weighted by Gasteiger charge is 2.15. The topological polar surface area (TPSA) is 35.1 Å². The summed E-state index contributed by atoms with van der Waals surface area (Å²) in [6, 6.07) is 15.3. The quantitative estimate of drug-likeness (QED) is 0.804. The van der Waals surface area contributed by atoms with E-state index < -0.39 is 11.2 Å². The van der Waals surface area contributed by atoms with Gasteiger partial charge in [-0.05, 0) is 69.3 Å². The Balaban J connectivity index is 2.15. The molecule has 0 aliphatic heterocycles. The minimum Gasteiger partial charge on any atom is -0.606 e. The lowest BCUT2D eigenvalue weighted by Gasteiger charge is -2.22. The van der Waals surface area contributed by atoms with Crippen LogP contribution in [0.25, 0.3) is 0 Å². The van der Waals surface area contributed by atoms with Crippen LogP contribution in [-0.2, 0) is 11.2 Å². The average molecular weight is 352 g/mol. The Hall–Kier alpha value is -0.970. The third-order valence-corrected chi connectivity index (χ3v) is 4.54. The van der Waals surface area contributed by atoms with E-state index in [4.69, 9.17) is 0 Å². The molecule has 0 fully saturated rings. The number of hydrogen-bond donors (Lipinski definition) is 1. The van der Waals surface area contributed by atoms with Gasteiger partial charge < -0.3 is 9.87 Å². The van der Waals surface area contributed by atoms with Gasteiger partial charge in [-0.25, -0.2) is 0 Å². The van der Waals surface area contributed by atoms with Gasteiger partial charge in [0, 0.05) is 26.9 Å². The summed E-state index contributed by atoms with van der Waals surface area (Å²) < 4.78 is 13.4. The van der Waals surface area contributed by atoms with Crippen LogP contribution in [-0.4, -0.2) is 10.1 Å². The van der Waals surface area contributed by atoms with Gasteiger partial charge in [0.1, 0.15) is 0 Å². The van der Waals surface area contributed by atoms with Crippen LogP contribution in [0.15, 0.2) is 62.8 Å². The fourth-order valence-electron chi connectivity index (χ4n) is 1.79. The lowest BCUT2D eigenvalue weighted by atomic mass is 10.1. The lowest BCUT2D eigenvalue weighted by Crippen LogP contribution is -2.25. The molecule has 0 radical (unpaired) electrons. The van der Waals surface area contributed by atoms with Crippen molar-refractivity contribution in [3.63, 3.8) is 0 Å². The van der Waals surface area contributed by atoms with Crippen molar-refractivity contribution in [1.29, 1.82) is 0 Å². The fourth-order valence-corrected chi connectivity index (χ4v) is 3.09. The van der Waals surface area contributed by atoms with Crippen molar-refractivity contribution in [3.8, 4) is 0 Å². The Bertz CT molecular complexity index is 561. The number of halogens is 1.